The number of rotatable bonds is 10. The molecular weight excluding hydrogens is 469 g/mol. The van der Waals surface area contributed by atoms with Crippen LogP contribution in [0.4, 0.5) is 5.69 Å². The van der Waals surface area contributed by atoms with E-state index in [4.69, 9.17) is 27.9 Å². The molecule has 1 atom stereocenters. The average molecular weight is 509 g/mol. The highest BCUT2D eigenvalue weighted by Crippen LogP contribution is 2.41. The molecule has 0 spiro atoms. The van der Waals surface area contributed by atoms with Gasteiger partial charge >= 0.3 is 0 Å². The van der Waals surface area contributed by atoms with Crippen molar-refractivity contribution in [1.82, 2.24) is 0 Å². The molecule has 0 bridgehead atoms. The Labute approximate surface area is 215 Å². The maximum atomic E-state index is 13.1. The minimum absolute atomic E-state index is 0.0410. The van der Waals surface area contributed by atoms with Crippen LogP contribution in [0.5, 0.6) is 11.5 Å². The molecule has 0 fully saturated rings. The first-order valence-electron chi connectivity index (χ1n) is 12.1. The van der Waals surface area contributed by atoms with E-state index in [2.05, 4.69) is 59.0 Å². The predicted octanol–water partition coefficient (Wildman–Crippen LogP) is 8.43. The van der Waals surface area contributed by atoms with Crippen LogP contribution in [0.1, 0.15) is 91.3 Å². The van der Waals surface area contributed by atoms with Crippen molar-refractivity contribution in [2.75, 3.05) is 5.32 Å². The van der Waals surface area contributed by atoms with E-state index in [1.165, 1.54) is 11.6 Å². The van der Waals surface area contributed by atoms with Crippen LogP contribution in [0.2, 0.25) is 10.0 Å². The summed E-state index contributed by atoms with van der Waals surface area (Å²) in [5, 5.41) is 13.8. The molecule has 188 valence electrons. The third kappa shape index (κ3) is 6.01. The minimum Gasteiger partial charge on any atom is -0.504 e. The topological polar surface area (TPSA) is 58.6 Å². The van der Waals surface area contributed by atoms with Gasteiger partial charge in [0.1, 0.15) is 5.75 Å². The van der Waals surface area contributed by atoms with E-state index < -0.39 is 6.10 Å². The number of amides is 1. The third-order valence-corrected chi connectivity index (χ3v) is 7.83. The van der Waals surface area contributed by atoms with Crippen molar-refractivity contribution in [2.45, 2.75) is 98.0 Å². The molecule has 2 aromatic carbocycles. The van der Waals surface area contributed by atoms with Gasteiger partial charge in [-0.1, -0.05) is 90.7 Å². The number of hydrogen-bond acceptors (Lipinski definition) is 3. The lowest BCUT2D eigenvalue weighted by atomic mass is 9.76. The second-order valence-electron chi connectivity index (χ2n) is 10.1. The molecule has 0 aliphatic carbocycles. The second-order valence-corrected chi connectivity index (χ2v) is 10.9. The van der Waals surface area contributed by atoms with E-state index in [9.17, 15) is 9.90 Å². The van der Waals surface area contributed by atoms with Gasteiger partial charge in [0.25, 0.3) is 5.91 Å². The Kier molecular flexibility index (Phi) is 9.35. The number of ether oxygens (including phenoxy) is 1. The SMILES string of the molecule is CCc1c(Cl)cc(NC(=O)[C@H](CC)Oc2ccc(C(C)(C)CC)cc2C(C)(C)CC)c(O)c1Cl. The van der Waals surface area contributed by atoms with Crippen LogP contribution < -0.4 is 10.1 Å². The summed E-state index contributed by atoms with van der Waals surface area (Å²) < 4.78 is 6.30. The Morgan fingerprint density at radius 2 is 1.65 bits per heavy atom. The third-order valence-electron chi connectivity index (χ3n) is 7.09. The van der Waals surface area contributed by atoms with Gasteiger partial charge < -0.3 is 15.2 Å². The Hall–Kier alpha value is -1.91. The van der Waals surface area contributed by atoms with E-state index in [0.717, 1.165) is 18.4 Å². The zero-order valence-electron chi connectivity index (χ0n) is 21.7. The highest BCUT2D eigenvalue weighted by Gasteiger charge is 2.29. The number of aromatic hydroxyl groups is 1. The quantitative estimate of drug-likeness (QED) is 0.317. The number of halogens is 2. The molecule has 34 heavy (non-hydrogen) atoms. The van der Waals surface area contributed by atoms with Crippen LogP contribution >= 0.6 is 23.2 Å². The standard InChI is InChI=1S/C28H39Cl2NO3/c1-9-18-20(29)16-21(25(32)24(18)30)31-26(33)22(10-2)34-23-14-13-17(27(5,6)11-3)15-19(23)28(7,8)12-4/h13-16,22,32H,9-12H2,1-8H3,(H,31,33)/t22-/m0/s1. The lowest BCUT2D eigenvalue weighted by Gasteiger charge is -2.31. The maximum absolute atomic E-state index is 13.1. The maximum Gasteiger partial charge on any atom is 0.265 e. The number of carbonyl (C=O) groups is 1. The first-order chi connectivity index (χ1) is 15.8. The molecule has 0 radical (unpaired) electrons. The summed E-state index contributed by atoms with van der Waals surface area (Å²) in [5.74, 6) is 0.142. The monoisotopic (exact) mass is 507 g/mol. The molecule has 0 aliphatic rings. The summed E-state index contributed by atoms with van der Waals surface area (Å²) in [6.07, 6.45) is 2.22. The normalized spacial score (nSPS) is 13.0. The van der Waals surface area contributed by atoms with Crippen molar-refractivity contribution in [1.29, 1.82) is 0 Å². The Morgan fingerprint density at radius 3 is 2.18 bits per heavy atom. The van der Waals surface area contributed by atoms with Crippen LogP contribution in [-0.2, 0) is 22.0 Å². The van der Waals surface area contributed by atoms with E-state index in [-0.39, 0.29) is 33.2 Å². The Bertz CT molecular complexity index is 1030. The van der Waals surface area contributed by atoms with Crippen molar-refractivity contribution in [2.24, 2.45) is 0 Å². The summed E-state index contributed by atoms with van der Waals surface area (Å²) in [4.78, 5) is 13.1. The zero-order valence-corrected chi connectivity index (χ0v) is 23.2. The molecule has 0 heterocycles. The molecule has 0 aliphatic heterocycles. The highest BCUT2D eigenvalue weighted by molar-refractivity contribution is 6.37. The molecule has 0 aromatic heterocycles. The molecule has 0 unspecified atom stereocenters. The van der Waals surface area contributed by atoms with Gasteiger partial charge in [-0.15, -0.1) is 0 Å². The zero-order chi connectivity index (χ0) is 25.8. The second kappa shape index (κ2) is 11.2. The van der Waals surface area contributed by atoms with Crippen molar-refractivity contribution >= 4 is 34.8 Å². The smallest absolute Gasteiger partial charge is 0.265 e. The fourth-order valence-corrected chi connectivity index (χ4v) is 4.46. The molecule has 0 saturated carbocycles. The summed E-state index contributed by atoms with van der Waals surface area (Å²) in [6.45, 7) is 17.0. The van der Waals surface area contributed by atoms with Gasteiger partial charge in [-0.25, -0.2) is 0 Å². The Morgan fingerprint density at radius 1 is 1.03 bits per heavy atom. The fourth-order valence-electron chi connectivity index (χ4n) is 3.73. The summed E-state index contributed by atoms with van der Waals surface area (Å²) in [6, 6.07) is 7.82. The van der Waals surface area contributed by atoms with Crippen molar-refractivity contribution in [3.8, 4) is 11.5 Å². The minimum atomic E-state index is -0.751. The summed E-state index contributed by atoms with van der Waals surface area (Å²) in [5.41, 5.74) is 3.07. The Balaban J connectivity index is 2.40. The average Bonchev–Trinajstić information content (AvgIpc) is 2.80. The number of hydrogen-bond donors (Lipinski definition) is 2. The fraction of sp³-hybridized carbons (Fsp3) is 0.536. The van der Waals surface area contributed by atoms with Gasteiger partial charge in [0.05, 0.1) is 10.7 Å². The van der Waals surface area contributed by atoms with Crippen molar-refractivity contribution in [3.05, 3.63) is 51.0 Å². The van der Waals surface area contributed by atoms with Gasteiger partial charge in [-0.2, -0.15) is 0 Å². The number of benzene rings is 2. The van der Waals surface area contributed by atoms with Gasteiger partial charge in [0.2, 0.25) is 0 Å². The van der Waals surface area contributed by atoms with E-state index in [1.54, 1.807) is 0 Å². The van der Waals surface area contributed by atoms with Crippen LogP contribution in [-0.4, -0.2) is 17.1 Å². The van der Waals surface area contributed by atoms with E-state index >= 15 is 0 Å². The first-order valence-corrected chi connectivity index (χ1v) is 12.9. The van der Waals surface area contributed by atoms with Crippen LogP contribution in [0.15, 0.2) is 24.3 Å². The lowest BCUT2D eigenvalue weighted by Crippen LogP contribution is -2.33. The number of phenolic OH excluding ortho intramolecular Hbond substituents is 1. The molecule has 4 nitrogen and oxygen atoms in total. The van der Waals surface area contributed by atoms with Crippen LogP contribution in [0.25, 0.3) is 0 Å². The van der Waals surface area contributed by atoms with Gasteiger partial charge in [0.15, 0.2) is 11.9 Å². The summed E-state index contributed by atoms with van der Waals surface area (Å²) >= 11 is 12.6. The molecule has 2 aromatic rings. The van der Waals surface area contributed by atoms with Crippen LogP contribution in [0, 0.1) is 0 Å². The lowest BCUT2D eigenvalue weighted by molar-refractivity contribution is -0.122. The number of nitrogens with one attached hydrogen (secondary N) is 1. The van der Waals surface area contributed by atoms with Gasteiger partial charge in [-0.3, -0.25) is 4.79 Å². The highest BCUT2D eigenvalue weighted by atomic mass is 35.5. The largest absolute Gasteiger partial charge is 0.504 e. The summed E-state index contributed by atoms with van der Waals surface area (Å²) in [7, 11) is 0. The first kappa shape index (κ1) is 28.3. The molecular formula is C28H39Cl2NO3. The predicted molar refractivity (Wildman–Crippen MR) is 144 cm³/mol. The van der Waals surface area contributed by atoms with Crippen molar-refractivity contribution in [3.63, 3.8) is 0 Å². The molecule has 6 heteroatoms. The van der Waals surface area contributed by atoms with Gasteiger partial charge in [0, 0.05) is 10.6 Å². The number of phenols is 1. The van der Waals surface area contributed by atoms with Gasteiger partial charge in [-0.05, 0) is 59.8 Å². The number of anilines is 1. The molecule has 1 amide bonds. The molecule has 0 saturated heterocycles. The van der Waals surface area contributed by atoms with E-state index in [0.29, 0.717) is 29.2 Å². The van der Waals surface area contributed by atoms with Crippen molar-refractivity contribution < 1.29 is 14.6 Å². The molecule has 2 N–H and O–H groups in total. The van der Waals surface area contributed by atoms with E-state index in [1.807, 2.05) is 19.9 Å². The number of carbonyl (C=O) groups excluding carboxylic acids is 1. The van der Waals surface area contributed by atoms with Crippen LogP contribution in [0.3, 0.4) is 0 Å². The molecule has 2 rings (SSSR count).